The summed E-state index contributed by atoms with van der Waals surface area (Å²) in [5.74, 6) is 0.830. The van der Waals surface area contributed by atoms with Gasteiger partial charge in [0, 0.05) is 23.4 Å². The largest absolute Gasteiger partial charge is 0.449 e. The number of halogens is 1. The smallest absolute Gasteiger partial charge is 0.404 e. The van der Waals surface area contributed by atoms with Crippen molar-refractivity contribution in [2.45, 2.75) is 29.7 Å². The molecule has 144 valence electrons. The van der Waals surface area contributed by atoms with Crippen molar-refractivity contribution >= 4 is 41.0 Å². The maximum Gasteiger partial charge on any atom is 0.404 e. The first kappa shape index (κ1) is 19.6. The Morgan fingerprint density at radius 2 is 2.07 bits per heavy atom. The van der Waals surface area contributed by atoms with Gasteiger partial charge in [-0.2, -0.15) is 0 Å². The van der Waals surface area contributed by atoms with E-state index in [0.29, 0.717) is 17.3 Å². The van der Waals surface area contributed by atoms with Gasteiger partial charge in [-0.15, -0.1) is 0 Å². The van der Waals surface area contributed by atoms with Crippen LogP contribution in [0.15, 0.2) is 40.5 Å². The number of rotatable bonds is 5. The third-order valence-corrected chi connectivity index (χ3v) is 6.19. The van der Waals surface area contributed by atoms with E-state index in [1.54, 1.807) is 18.5 Å². The van der Waals surface area contributed by atoms with Crippen LogP contribution in [0.3, 0.4) is 0 Å². The number of benzene rings is 1. The van der Waals surface area contributed by atoms with E-state index in [2.05, 4.69) is 21.8 Å². The second-order valence-corrected chi connectivity index (χ2v) is 8.32. The number of carbonyl (C=O) groups is 1. The summed E-state index contributed by atoms with van der Waals surface area (Å²) in [5, 5.41) is 1.28. The minimum atomic E-state index is -0.724. The molecule has 1 saturated heterocycles. The first-order chi connectivity index (χ1) is 12.9. The molecule has 0 atom stereocenters. The number of nitrogens with two attached hydrogens (primary N) is 2. The molecule has 27 heavy (non-hydrogen) atoms. The van der Waals surface area contributed by atoms with Gasteiger partial charge in [0.15, 0.2) is 0 Å². The quantitative estimate of drug-likeness (QED) is 0.729. The number of hydrogen-bond acceptors (Lipinski definition) is 7. The summed E-state index contributed by atoms with van der Waals surface area (Å²) in [5.41, 5.74) is 11.4. The normalized spacial score (nSPS) is 16.1. The van der Waals surface area contributed by atoms with Crippen LogP contribution in [0.1, 0.15) is 19.8 Å². The number of amides is 1. The van der Waals surface area contributed by atoms with E-state index in [0.717, 1.165) is 41.7 Å². The number of nitrogen functional groups attached to an aromatic ring is 1. The van der Waals surface area contributed by atoms with Crippen LogP contribution in [0.2, 0.25) is 5.02 Å². The number of piperidine rings is 1. The van der Waals surface area contributed by atoms with Crippen LogP contribution in [-0.4, -0.2) is 35.8 Å². The predicted molar refractivity (Wildman–Crippen MR) is 107 cm³/mol. The topological polar surface area (TPSA) is 107 Å². The molecule has 1 amide bonds. The lowest BCUT2D eigenvalue weighted by Crippen LogP contribution is -2.42. The van der Waals surface area contributed by atoms with E-state index in [4.69, 9.17) is 27.8 Å². The Balaban J connectivity index is 1.60. The Morgan fingerprint density at radius 1 is 1.33 bits per heavy atom. The van der Waals surface area contributed by atoms with Crippen molar-refractivity contribution in [3.8, 4) is 0 Å². The Labute approximate surface area is 167 Å². The lowest BCUT2D eigenvalue weighted by Gasteiger charge is -2.39. The average Bonchev–Trinajstić information content (AvgIpc) is 2.65. The molecule has 1 aromatic carbocycles. The number of nitrogens with zero attached hydrogens (tertiary/aromatic N) is 3. The summed E-state index contributed by atoms with van der Waals surface area (Å²) in [6.07, 6.45) is 4.56. The molecular formula is C18H22ClN5O2S. The molecule has 9 heteroatoms. The van der Waals surface area contributed by atoms with Crippen LogP contribution in [0.25, 0.3) is 0 Å². The summed E-state index contributed by atoms with van der Waals surface area (Å²) in [6.45, 7) is 4.09. The minimum absolute atomic E-state index is 0.0568. The molecule has 2 aromatic rings. The molecule has 0 spiro atoms. The molecule has 2 heterocycles. The van der Waals surface area contributed by atoms with Crippen molar-refractivity contribution in [2.24, 2.45) is 11.1 Å². The van der Waals surface area contributed by atoms with E-state index < -0.39 is 6.09 Å². The van der Waals surface area contributed by atoms with Gasteiger partial charge in [-0.25, -0.2) is 14.8 Å². The van der Waals surface area contributed by atoms with E-state index >= 15 is 0 Å². The fraction of sp³-hybridized carbons (Fsp3) is 0.389. The zero-order chi connectivity index (χ0) is 19.4. The summed E-state index contributed by atoms with van der Waals surface area (Å²) in [4.78, 5) is 22.9. The zero-order valence-electron chi connectivity index (χ0n) is 15.0. The summed E-state index contributed by atoms with van der Waals surface area (Å²) in [7, 11) is 0. The van der Waals surface area contributed by atoms with Crippen LogP contribution in [0.4, 0.5) is 16.3 Å². The highest BCUT2D eigenvalue weighted by Gasteiger charge is 2.31. The van der Waals surface area contributed by atoms with Crippen LogP contribution in [0.5, 0.6) is 0 Å². The second kappa shape index (κ2) is 8.22. The highest BCUT2D eigenvalue weighted by Crippen LogP contribution is 2.36. The molecule has 0 unspecified atom stereocenters. The molecule has 0 bridgehead atoms. The van der Waals surface area contributed by atoms with Crippen molar-refractivity contribution in [2.75, 3.05) is 30.3 Å². The number of anilines is 2. The number of carbonyl (C=O) groups excluding carboxylic acids is 1. The van der Waals surface area contributed by atoms with Gasteiger partial charge in [0.05, 0.1) is 29.7 Å². The molecule has 0 aliphatic carbocycles. The maximum atomic E-state index is 10.8. The molecule has 7 nitrogen and oxygen atoms in total. The maximum absolute atomic E-state index is 10.8. The van der Waals surface area contributed by atoms with E-state index in [1.807, 2.05) is 12.1 Å². The number of hydrogen-bond donors (Lipinski definition) is 2. The van der Waals surface area contributed by atoms with E-state index in [1.165, 1.54) is 11.8 Å². The third-order valence-electron chi connectivity index (χ3n) is 4.68. The van der Waals surface area contributed by atoms with Gasteiger partial charge in [0.1, 0.15) is 10.8 Å². The first-order valence-electron chi connectivity index (χ1n) is 8.57. The Morgan fingerprint density at radius 3 is 2.70 bits per heavy atom. The standard InChI is InChI=1S/C18H22ClN5O2S/c1-18(11-26-17(21)25)5-7-24(8-6-18)14-9-23-15(10-22-14)27-13-4-2-3-12(20)16(13)19/h2-4,9-10H,5-8,11,20H2,1H3,(H2,21,25). The van der Waals surface area contributed by atoms with Crippen LogP contribution < -0.4 is 16.4 Å². The highest BCUT2D eigenvalue weighted by atomic mass is 35.5. The molecular weight excluding hydrogens is 386 g/mol. The Bertz CT molecular complexity index is 810. The lowest BCUT2D eigenvalue weighted by molar-refractivity contribution is 0.0818. The van der Waals surface area contributed by atoms with Gasteiger partial charge in [0.25, 0.3) is 0 Å². The lowest BCUT2D eigenvalue weighted by atomic mass is 9.81. The highest BCUT2D eigenvalue weighted by molar-refractivity contribution is 7.99. The second-order valence-electron chi connectivity index (χ2n) is 6.88. The summed E-state index contributed by atoms with van der Waals surface area (Å²) >= 11 is 7.66. The first-order valence-corrected chi connectivity index (χ1v) is 9.77. The van der Waals surface area contributed by atoms with Crippen molar-refractivity contribution in [3.05, 3.63) is 35.6 Å². The number of primary amides is 1. The Hall–Kier alpha value is -2.19. The SMILES string of the molecule is CC1(COC(N)=O)CCN(c2cnc(Sc3cccc(N)c3Cl)cn2)CC1. The third kappa shape index (κ3) is 4.95. The molecule has 1 fully saturated rings. The van der Waals surface area contributed by atoms with E-state index in [-0.39, 0.29) is 5.41 Å². The van der Waals surface area contributed by atoms with Gasteiger partial charge >= 0.3 is 6.09 Å². The minimum Gasteiger partial charge on any atom is -0.449 e. The monoisotopic (exact) mass is 407 g/mol. The number of aromatic nitrogens is 2. The van der Waals surface area contributed by atoms with Crippen molar-refractivity contribution in [1.82, 2.24) is 9.97 Å². The summed E-state index contributed by atoms with van der Waals surface area (Å²) < 4.78 is 4.99. The zero-order valence-corrected chi connectivity index (χ0v) is 16.6. The van der Waals surface area contributed by atoms with Crippen LogP contribution in [-0.2, 0) is 4.74 Å². The predicted octanol–water partition coefficient (Wildman–Crippen LogP) is 3.57. The molecule has 0 saturated carbocycles. The molecule has 0 radical (unpaired) electrons. The van der Waals surface area contributed by atoms with Crippen LogP contribution in [0, 0.1) is 5.41 Å². The van der Waals surface area contributed by atoms with Gasteiger partial charge in [-0.3, -0.25) is 0 Å². The fourth-order valence-electron chi connectivity index (χ4n) is 2.91. The van der Waals surface area contributed by atoms with Gasteiger partial charge < -0.3 is 21.1 Å². The van der Waals surface area contributed by atoms with Crippen molar-refractivity contribution < 1.29 is 9.53 Å². The molecule has 4 N–H and O–H groups in total. The molecule has 1 aromatic heterocycles. The molecule has 1 aliphatic rings. The fourth-order valence-corrected chi connectivity index (χ4v) is 3.94. The van der Waals surface area contributed by atoms with Crippen molar-refractivity contribution in [3.63, 3.8) is 0 Å². The molecule has 3 rings (SSSR count). The van der Waals surface area contributed by atoms with Gasteiger partial charge in [-0.05, 0) is 25.0 Å². The van der Waals surface area contributed by atoms with Crippen molar-refractivity contribution in [1.29, 1.82) is 0 Å². The summed E-state index contributed by atoms with van der Waals surface area (Å²) in [6, 6.07) is 5.52. The van der Waals surface area contributed by atoms with Gasteiger partial charge in [-0.1, -0.05) is 36.4 Å². The van der Waals surface area contributed by atoms with E-state index in [9.17, 15) is 4.79 Å². The average molecular weight is 408 g/mol. The van der Waals surface area contributed by atoms with Gasteiger partial charge in [0.2, 0.25) is 0 Å². The number of ether oxygens (including phenoxy) is 1. The molecule has 1 aliphatic heterocycles. The van der Waals surface area contributed by atoms with Crippen LogP contribution >= 0.6 is 23.4 Å². The Kier molecular flexibility index (Phi) is 5.96.